The molecule has 0 aliphatic heterocycles. The van der Waals surface area contributed by atoms with E-state index in [4.69, 9.17) is 4.74 Å². The van der Waals surface area contributed by atoms with Crippen LogP contribution in [0.4, 0.5) is 5.69 Å². The number of benzene rings is 1. The maximum absolute atomic E-state index is 11.8. The number of esters is 1. The van der Waals surface area contributed by atoms with Gasteiger partial charge in [-0.05, 0) is 44.5 Å². The zero-order valence-electron chi connectivity index (χ0n) is 13.1. The fourth-order valence-corrected chi connectivity index (χ4v) is 1.69. The summed E-state index contributed by atoms with van der Waals surface area (Å²) in [6.07, 6.45) is -0.170. The molecule has 0 bridgehead atoms. The number of nitrogens with one attached hydrogen (secondary N) is 2. The van der Waals surface area contributed by atoms with E-state index < -0.39 is 0 Å². The highest BCUT2D eigenvalue weighted by Crippen LogP contribution is 2.12. The van der Waals surface area contributed by atoms with Crippen LogP contribution >= 0.6 is 0 Å². The van der Waals surface area contributed by atoms with Crippen molar-refractivity contribution in [3.8, 4) is 0 Å². The fourth-order valence-electron chi connectivity index (χ4n) is 1.69. The summed E-state index contributed by atoms with van der Waals surface area (Å²) < 4.78 is 5.12. The van der Waals surface area contributed by atoms with Gasteiger partial charge in [-0.2, -0.15) is 0 Å². The highest BCUT2D eigenvalue weighted by molar-refractivity contribution is 5.95. The standard InChI is InChI=1S/C16H24N2O3/c1-11(2)9-17-10-15(19)18-14-7-5-6-13(8-14)16(20)21-12(3)4/h5-8,11-12,17H,9-10H2,1-4H3,(H,18,19). The number of carbonyl (C=O) groups excluding carboxylic acids is 2. The minimum Gasteiger partial charge on any atom is -0.459 e. The lowest BCUT2D eigenvalue weighted by Gasteiger charge is -2.10. The second kappa shape index (κ2) is 8.42. The van der Waals surface area contributed by atoms with Gasteiger partial charge in [0.05, 0.1) is 18.2 Å². The van der Waals surface area contributed by atoms with E-state index in [0.717, 1.165) is 6.54 Å². The van der Waals surface area contributed by atoms with Crippen LogP contribution in [0.2, 0.25) is 0 Å². The minimum absolute atomic E-state index is 0.134. The predicted molar refractivity (Wildman–Crippen MR) is 83.3 cm³/mol. The number of ether oxygens (including phenoxy) is 1. The number of carbonyl (C=O) groups is 2. The number of hydrogen-bond donors (Lipinski definition) is 2. The Morgan fingerprint density at radius 2 is 1.90 bits per heavy atom. The molecule has 0 aliphatic carbocycles. The molecule has 21 heavy (non-hydrogen) atoms. The summed E-state index contributed by atoms with van der Waals surface area (Å²) in [6, 6.07) is 6.74. The van der Waals surface area contributed by atoms with Crippen LogP contribution in [-0.4, -0.2) is 31.1 Å². The van der Waals surface area contributed by atoms with Crippen LogP contribution in [0.25, 0.3) is 0 Å². The summed E-state index contributed by atoms with van der Waals surface area (Å²) in [6.45, 7) is 8.78. The summed E-state index contributed by atoms with van der Waals surface area (Å²) in [5.41, 5.74) is 1.01. The molecule has 5 heteroatoms. The Hall–Kier alpha value is -1.88. The monoisotopic (exact) mass is 292 g/mol. The molecule has 5 nitrogen and oxygen atoms in total. The Balaban J connectivity index is 2.56. The molecule has 0 unspecified atom stereocenters. The second-order valence-electron chi connectivity index (χ2n) is 5.61. The van der Waals surface area contributed by atoms with E-state index >= 15 is 0 Å². The summed E-state index contributed by atoms with van der Waals surface area (Å²) in [5.74, 6) is -0.0315. The molecule has 0 aliphatic rings. The van der Waals surface area contributed by atoms with Gasteiger partial charge in [0.1, 0.15) is 0 Å². The molecular weight excluding hydrogens is 268 g/mol. The normalized spacial score (nSPS) is 10.8. The zero-order valence-corrected chi connectivity index (χ0v) is 13.1. The van der Waals surface area contributed by atoms with Gasteiger partial charge in [0.25, 0.3) is 0 Å². The van der Waals surface area contributed by atoms with E-state index in [-0.39, 0.29) is 24.5 Å². The Morgan fingerprint density at radius 1 is 1.19 bits per heavy atom. The van der Waals surface area contributed by atoms with Crippen molar-refractivity contribution in [2.75, 3.05) is 18.4 Å². The van der Waals surface area contributed by atoms with Crippen LogP contribution in [0.5, 0.6) is 0 Å². The number of anilines is 1. The van der Waals surface area contributed by atoms with E-state index in [0.29, 0.717) is 17.2 Å². The molecule has 0 aromatic heterocycles. The van der Waals surface area contributed by atoms with Crippen molar-refractivity contribution in [1.29, 1.82) is 0 Å². The lowest BCUT2D eigenvalue weighted by atomic mass is 10.2. The molecular formula is C16H24N2O3. The zero-order chi connectivity index (χ0) is 15.8. The average Bonchev–Trinajstić information content (AvgIpc) is 2.37. The molecule has 1 amide bonds. The molecule has 0 saturated carbocycles. The third-order valence-corrected chi connectivity index (χ3v) is 2.56. The SMILES string of the molecule is CC(C)CNCC(=O)Nc1cccc(C(=O)OC(C)C)c1. The first-order chi connectivity index (χ1) is 9.88. The molecule has 1 rings (SSSR count). The van der Waals surface area contributed by atoms with Gasteiger partial charge >= 0.3 is 5.97 Å². The van der Waals surface area contributed by atoms with Crippen LogP contribution in [0.3, 0.4) is 0 Å². The first kappa shape index (κ1) is 17.2. The van der Waals surface area contributed by atoms with Crippen molar-refractivity contribution in [1.82, 2.24) is 5.32 Å². The van der Waals surface area contributed by atoms with Gasteiger partial charge in [0, 0.05) is 5.69 Å². The van der Waals surface area contributed by atoms with Crippen LogP contribution in [-0.2, 0) is 9.53 Å². The van der Waals surface area contributed by atoms with E-state index in [9.17, 15) is 9.59 Å². The molecule has 2 N–H and O–H groups in total. The van der Waals surface area contributed by atoms with Crippen LogP contribution < -0.4 is 10.6 Å². The van der Waals surface area contributed by atoms with E-state index in [1.165, 1.54) is 0 Å². The lowest BCUT2D eigenvalue weighted by molar-refractivity contribution is -0.115. The van der Waals surface area contributed by atoms with Gasteiger partial charge in [-0.15, -0.1) is 0 Å². The first-order valence-electron chi connectivity index (χ1n) is 7.20. The molecule has 0 atom stereocenters. The van der Waals surface area contributed by atoms with Gasteiger partial charge in [0.2, 0.25) is 5.91 Å². The largest absolute Gasteiger partial charge is 0.459 e. The predicted octanol–water partition coefficient (Wildman–Crippen LogP) is 2.44. The third kappa shape index (κ3) is 6.90. The number of rotatable bonds is 7. The summed E-state index contributed by atoms with van der Waals surface area (Å²) in [4.78, 5) is 23.6. The second-order valence-corrected chi connectivity index (χ2v) is 5.61. The molecule has 0 radical (unpaired) electrons. The quantitative estimate of drug-likeness (QED) is 0.757. The van der Waals surface area contributed by atoms with Gasteiger partial charge in [0.15, 0.2) is 0 Å². The van der Waals surface area contributed by atoms with Crippen molar-refractivity contribution in [3.05, 3.63) is 29.8 Å². The summed E-state index contributed by atoms with van der Waals surface area (Å²) >= 11 is 0. The van der Waals surface area contributed by atoms with Crippen LogP contribution in [0, 0.1) is 5.92 Å². The Morgan fingerprint density at radius 3 is 2.52 bits per heavy atom. The molecule has 1 aromatic rings. The maximum Gasteiger partial charge on any atom is 0.338 e. The van der Waals surface area contributed by atoms with Gasteiger partial charge in [-0.3, -0.25) is 4.79 Å². The summed E-state index contributed by atoms with van der Waals surface area (Å²) in [5, 5.41) is 5.82. The van der Waals surface area contributed by atoms with Crippen molar-refractivity contribution in [2.24, 2.45) is 5.92 Å². The van der Waals surface area contributed by atoms with Gasteiger partial charge < -0.3 is 15.4 Å². The number of amides is 1. The molecule has 0 heterocycles. The smallest absolute Gasteiger partial charge is 0.338 e. The van der Waals surface area contributed by atoms with Crippen LogP contribution in [0.15, 0.2) is 24.3 Å². The molecule has 1 aromatic carbocycles. The fraction of sp³-hybridized carbons (Fsp3) is 0.500. The Bertz CT molecular complexity index is 484. The van der Waals surface area contributed by atoms with Crippen LogP contribution in [0.1, 0.15) is 38.1 Å². The lowest BCUT2D eigenvalue weighted by Crippen LogP contribution is -2.30. The summed E-state index contributed by atoms with van der Waals surface area (Å²) in [7, 11) is 0. The molecule has 0 fully saturated rings. The first-order valence-corrected chi connectivity index (χ1v) is 7.20. The molecule has 0 saturated heterocycles. The average molecular weight is 292 g/mol. The van der Waals surface area contributed by atoms with Gasteiger partial charge in [-0.1, -0.05) is 19.9 Å². The Labute approximate surface area is 126 Å². The Kier molecular flexibility index (Phi) is 6.88. The van der Waals surface area contributed by atoms with Crippen molar-refractivity contribution in [2.45, 2.75) is 33.8 Å². The van der Waals surface area contributed by atoms with E-state index in [1.807, 2.05) is 0 Å². The molecule has 0 spiro atoms. The van der Waals surface area contributed by atoms with Crippen molar-refractivity contribution in [3.63, 3.8) is 0 Å². The van der Waals surface area contributed by atoms with Crippen molar-refractivity contribution >= 4 is 17.6 Å². The van der Waals surface area contributed by atoms with E-state index in [2.05, 4.69) is 24.5 Å². The topological polar surface area (TPSA) is 67.4 Å². The van der Waals surface area contributed by atoms with Gasteiger partial charge in [-0.25, -0.2) is 4.79 Å². The highest BCUT2D eigenvalue weighted by Gasteiger charge is 2.10. The third-order valence-electron chi connectivity index (χ3n) is 2.56. The maximum atomic E-state index is 11.8. The minimum atomic E-state index is -0.390. The van der Waals surface area contributed by atoms with E-state index in [1.54, 1.807) is 38.1 Å². The highest BCUT2D eigenvalue weighted by atomic mass is 16.5. The number of hydrogen-bond acceptors (Lipinski definition) is 4. The molecule has 116 valence electrons. The van der Waals surface area contributed by atoms with Crippen molar-refractivity contribution < 1.29 is 14.3 Å².